The average molecular weight is 453 g/mol. The van der Waals surface area contributed by atoms with Gasteiger partial charge in [0.2, 0.25) is 5.82 Å². The van der Waals surface area contributed by atoms with Crippen molar-refractivity contribution >= 4 is 45.0 Å². The van der Waals surface area contributed by atoms with Gasteiger partial charge >= 0.3 is 0 Å². The Kier molecular flexibility index (Phi) is 6.69. The van der Waals surface area contributed by atoms with Gasteiger partial charge in [-0.2, -0.15) is 9.64 Å². The van der Waals surface area contributed by atoms with E-state index in [4.69, 9.17) is 5.26 Å². The van der Waals surface area contributed by atoms with Crippen molar-refractivity contribution in [1.82, 2.24) is 19.2 Å². The number of nitrogens with zero attached hydrogens (tertiary/aromatic N) is 4. The molecule has 166 valence electrons. The molecule has 2 amide bonds. The Morgan fingerprint density at radius 2 is 1.91 bits per heavy atom. The lowest BCUT2D eigenvalue weighted by molar-refractivity contribution is -0.117. The van der Waals surface area contributed by atoms with Crippen LogP contribution in [-0.4, -0.2) is 38.1 Å². The number of hydrogen-bond acceptors (Lipinski definition) is 7. The molecule has 0 fully saturated rings. The number of nitrogens with one attached hydrogen (secondary N) is 2. The fraction of sp³-hybridized carbons (Fsp3) is 0.364. The summed E-state index contributed by atoms with van der Waals surface area (Å²) in [6, 6.07) is 9.37. The van der Waals surface area contributed by atoms with E-state index in [1.165, 1.54) is 23.0 Å². The van der Waals surface area contributed by atoms with Crippen LogP contribution in [0.25, 0.3) is 10.1 Å². The molecule has 0 radical (unpaired) electrons. The molecule has 2 aromatic heterocycles. The number of imidazole rings is 1. The van der Waals surface area contributed by atoms with E-state index >= 15 is 0 Å². The monoisotopic (exact) mass is 452 g/mol. The molecular formula is C22H24N6O3S. The molecule has 0 aliphatic carbocycles. The maximum Gasteiger partial charge on any atom is 0.287 e. The van der Waals surface area contributed by atoms with Gasteiger partial charge in [-0.25, -0.2) is 4.98 Å². The van der Waals surface area contributed by atoms with Crippen LogP contribution in [0.15, 0.2) is 24.3 Å². The number of anilines is 1. The van der Waals surface area contributed by atoms with E-state index in [2.05, 4.69) is 20.0 Å². The molecule has 0 unspecified atom stereocenters. The highest BCUT2D eigenvalue weighted by atomic mass is 32.1. The van der Waals surface area contributed by atoms with Gasteiger partial charge in [0.15, 0.2) is 5.82 Å². The first kappa shape index (κ1) is 23.1. The molecule has 9 nitrogen and oxygen atoms in total. The molecule has 0 aliphatic rings. The number of Topliss-reactive ketones (excluding diaryl/α,β-unsaturated/α-hetero) is 1. The van der Waals surface area contributed by atoms with Gasteiger partial charge < -0.3 is 15.2 Å². The van der Waals surface area contributed by atoms with Gasteiger partial charge in [-0.05, 0) is 24.5 Å². The molecular weight excluding hydrogens is 428 g/mol. The first-order valence-corrected chi connectivity index (χ1v) is 10.8. The van der Waals surface area contributed by atoms with E-state index in [-0.39, 0.29) is 42.6 Å². The summed E-state index contributed by atoms with van der Waals surface area (Å²) in [4.78, 5) is 42.2. The van der Waals surface area contributed by atoms with Crippen LogP contribution < -0.4 is 10.6 Å². The second kappa shape index (κ2) is 9.28. The molecule has 0 aliphatic heterocycles. The Morgan fingerprint density at radius 1 is 1.19 bits per heavy atom. The van der Waals surface area contributed by atoms with Crippen molar-refractivity contribution in [2.45, 2.75) is 46.1 Å². The predicted octanol–water partition coefficient (Wildman–Crippen LogP) is 3.28. The van der Waals surface area contributed by atoms with Gasteiger partial charge in [-0.15, -0.1) is 0 Å². The van der Waals surface area contributed by atoms with Crippen LogP contribution in [0.4, 0.5) is 5.82 Å². The topological polar surface area (TPSA) is 130 Å². The predicted molar refractivity (Wildman–Crippen MR) is 122 cm³/mol. The number of aromatic nitrogens is 3. The van der Waals surface area contributed by atoms with Crippen LogP contribution in [0.3, 0.4) is 0 Å². The van der Waals surface area contributed by atoms with E-state index in [0.717, 1.165) is 10.1 Å². The van der Waals surface area contributed by atoms with Crippen molar-refractivity contribution < 1.29 is 14.4 Å². The van der Waals surface area contributed by atoms with Gasteiger partial charge in [0, 0.05) is 17.3 Å². The molecule has 32 heavy (non-hydrogen) atoms. The highest BCUT2D eigenvalue weighted by Crippen LogP contribution is 2.32. The maximum absolute atomic E-state index is 13.1. The summed E-state index contributed by atoms with van der Waals surface area (Å²) in [6.45, 7) is 7.23. The van der Waals surface area contributed by atoms with Gasteiger partial charge in [0.25, 0.3) is 11.8 Å². The van der Waals surface area contributed by atoms with E-state index < -0.39 is 17.2 Å². The Bertz CT molecular complexity index is 1230. The average Bonchev–Trinajstić information content (AvgIpc) is 3.29. The van der Waals surface area contributed by atoms with Crippen molar-refractivity contribution in [2.75, 3.05) is 11.9 Å². The summed E-state index contributed by atoms with van der Waals surface area (Å²) in [5.74, 6) is -0.932. The molecule has 10 heteroatoms. The van der Waals surface area contributed by atoms with Crippen molar-refractivity contribution in [1.29, 1.82) is 5.26 Å². The van der Waals surface area contributed by atoms with Gasteiger partial charge in [0.05, 0.1) is 29.4 Å². The largest absolute Gasteiger partial charge is 0.348 e. The molecule has 3 rings (SSSR count). The zero-order valence-electron chi connectivity index (χ0n) is 18.4. The Balaban J connectivity index is 2.05. The fourth-order valence-corrected chi connectivity index (χ4v) is 4.15. The lowest BCUT2D eigenvalue weighted by Crippen LogP contribution is -2.30. The van der Waals surface area contributed by atoms with Crippen molar-refractivity contribution in [3.05, 3.63) is 41.5 Å². The number of nitriles is 1. The molecule has 0 bridgehead atoms. The Hall–Kier alpha value is -3.58. The summed E-state index contributed by atoms with van der Waals surface area (Å²) in [6.07, 6.45) is 0.145. The smallest absolute Gasteiger partial charge is 0.287 e. The molecule has 0 spiro atoms. The third-order valence-corrected chi connectivity index (χ3v) is 5.44. The number of carbonyl (C=O) groups is 3. The van der Waals surface area contributed by atoms with Crippen molar-refractivity contribution in [3.63, 3.8) is 0 Å². The lowest BCUT2D eigenvalue weighted by atomic mass is 9.91. The summed E-state index contributed by atoms with van der Waals surface area (Å²) in [7, 11) is 0. The third kappa shape index (κ3) is 4.84. The molecule has 3 aromatic rings. The van der Waals surface area contributed by atoms with E-state index in [1.54, 1.807) is 0 Å². The second-order valence-electron chi connectivity index (χ2n) is 8.32. The van der Waals surface area contributed by atoms with Crippen molar-refractivity contribution in [2.24, 2.45) is 0 Å². The highest BCUT2D eigenvalue weighted by Gasteiger charge is 2.31. The Morgan fingerprint density at radius 3 is 2.56 bits per heavy atom. The lowest BCUT2D eigenvalue weighted by Gasteiger charge is -2.23. The summed E-state index contributed by atoms with van der Waals surface area (Å²) in [5, 5.41) is 14.9. The SMILES string of the molecule is CC(=O)Cn1c(C(=O)NCCC#N)nc(NC(=O)c2nsc3ccccc23)c1C(C)(C)C. The van der Waals surface area contributed by atoms with Gasteiger partial charge in [-0.3, -0.25) is 14.4 Å². The van der Waals surface area contributed by atoms with E-state index in [0.29, 0.717) is 5.69 Å². The van der Waals surface area contributed by atoms with Gasteiger partial charge in [-0.1, -0.05) is 39.0 Å². The molecule has 2 heterocycles. The molecule has 0 atom stereocenters. The summed E-state index contributed by atoms with van der Waals surface area (Å²) < 4.78 is 6.69. The highest BCUT2D eigenvalue weighted by molar-refractivity contribution is 7.13. The first-order chi connectivity index (χ1) is 15.1. The third-order valence-electron chi connectivity index (χ3n) is 4.61. The van der Waals surface area contributed by atoms with Crippen LogP contribution >= 0.6 is 11.5 Å². The van der Waals surface area contributed by atoms with Crippen LogP contribution in [0.5, 0.6) is 0 Å². The molecule has 0 saturated heterocycles. The van der Waals surface area contributed by atoms with Crippen LogP contribution in [-0.2, 0) is 16.8 Å². The minimum atomic E-state index is -0.541. The van der Waals surface area contributed by atoms with E-state index in [9.17, 15) is 14.4 Å². The second-order valence-corrected chi connectivity index (χ2v) is 9.12. The number of ketones is 1. The minimum Gasteiger partial charge on any atom is -0.348 e. The summed E-state index contributed by atoms with van der Waals surface area (Å²) >= 11 is 1.22. The molecule has 2 N–H and O–H groups in total. The van der Waals surface area contributed by atoms with Crippen LogP contribution in [0.2, 0.25) is 0 Å². The normalized spacial score (nSPS) is 11.2. The zero-order chi connectivity index (χ0) is 23.5. The van der Waals surface area contributed by atoms with Crippen LogP contribution in [0.1, 0.15) is 60.9 Å². The number of benzene rings is 1. The molecule has 0 saturated carbocycles. The number of rotatable bonds is 7. The fourth-order valence-electron chi connectivity index (χ4n) is 3.38. The quantitative estimate of drug-likeness (QED) is 0.529. The summed E-state index contributed by atoms with van der Waals surface area (Å²) in [5.41, 5.74) is 0.276. The number of hydrogen-bond donors (Lipinski definition) is 2. The Labute approximate surface area is 189 Å². The number of amides is 2. The number of fused-ring (bicyclic) bond motifs is 1. The standard InChI is InChI=1S/C22H24N6O3S/c1-13(29)12-28-17(22(2,3)4)18(25-19(28)21(31)24-11-7-10-23)26-20(30)16-14-8-5-6-9-15(14)32-27-16/h5-6,8-9H,7,11-12H2,1-4H3,(H,24,31)(H,26,30). The van der Waals surface area contributed by atoms with Gasteiger partial charge in [0.1, 0.15) is 11.5 Å². The zero-order valence-corrected chi connectivity index (χ0v) is 19.2. The minimum absolute atomic E-state index is 0.00139. The van der Waals surface area contributed by atoms with Crippen LogP contribution in [0, 0.1) is 11.3 Å². The maximum atomic E-state index is 13.1. The van der Waals surface area contributed by atoms with E-state index in [1.807, 2.05) is 51.1 Å². The van der Waals surface area contributed by atoms with Crippen molar-refractivity contribution in [3.8, 4) is 6.07 Å². The number of carbonyl (C=O) groups excluding carboxylic acids is 3. The molecule has 1 aromatic carbocycles. The first-order valence-electron chi connectivity index (χ1n) is 10.0.